The molecule has 0 saturated heterocycles. The van der Waals surface area contributed by atoms with E-state index >= 15 is 0 Å². The van der Waals surface area contributed by atoms with Crippen molar-refractivity contribution in [2.45, 2.75) is 5.22 Å². The van der Waals surface area contributed by atoms with Gasteiger partial charge in [-0.1, -0.05) is 59.2 Å². The van der Waals surface area contributed by atoms with Crippen molar-refractivity contribution in [3.63, 3.8) is 0 Å². The Morgan fingerprint density at radius 1 is 1.08 bits per heavy atom. The number of halogens is 2. The maximum Gasteiger partial charge on any atom is 0.277 e. The number of thiophene rings is 1. The molecule has 0 unspecified atom stereocenters. The minimum atomic E-state index is 0.439. The Bertz CT molecular complexity index is 1050. The fourth-order valence-corrected chi connectivity index (χ4v) is 4.55. The summed E-state index contributed by atoms with van der Waals surface area (Å²) >= 11 is 15.4. The zero-order valence-corrected chi connectivity index (χ0v) is 16.5. The number of benzene rings is 2. The van der Waals surface area contributed by atoms with Crippen LogP contribution in [0.3, 0.4) is 0 Å². The van der Waals surface area contributed by atoms with Crippen molar-refractivity contribution in [3.05, 3.63) is 58.6 Å². The molecule has 0 bridgehead atoms. The van der Waals surface area contributed by atoms with E-state index in [4.69, 9.17) is 32.4 Å². The Balaban J connectivity index is 1.39. The van der Waals surface area contributed by atoms with Gasteiger partial charge in [-0.05, 0) is 24.3 Å². The van der Waals surface area contributed by atoms with E-state index in [-0.39, 0.29) is 0 Å². The summed E-state index contributed by atoms with van der Waals surface area (Å²) in [6, 6.07) is 15.2. The van der Waals surface area contributed by atoms with E-state index in [0.717, 1.165) is 20.7 Å². The van der Waals surface area contributed by atoms with Gasteiger partial charge in [0.05, 0.1) is 11.6 Å². The lowest BCUT2D eigenvalue weighted by Gasteiger charge is -2.04. The maximum absolute atomic E-state index is 6.45. The average Bonchev–Trinajstić information content (AvgIpc) is 3.24. The molecule has 0 aliphatic carbocycles. The minimum Gasteiger partial charge on any atom is -0.493 e. The van der Waals surface area contributed by atoms with E-state index in [2.05, 4.69) is 10.2 Å². The smallest absolute Gasteiger partial charge is 0.277 e. The molecule has 0 fully saturated rings. The molecule has 132 valence electrons. The van der Waals surface area contributed by atoms with Gasteiger partial charge in [-0.25, -0.2) is 0 Å². The molecule has 8 heteroatoms. The van der Waals surface area contributed by atoms with Crippen LogP contribution in [0.5, 0.6) is 5.75 Å². The van der Waals surface area contributed by atoms with Gasteiger partial charge < -0.3 is 9.15 Å². The van der Waals surface area contributed by atoms with Crippen LogP contribution in [0.25, 0.3) is 20.9 Å². The lowest BCUT2D eigenvalue weighted by atomic mass is 10.2. The third-order valence-corrected chi connectivity index (χ3v) is 6.19. The summed E-state index contributed by atoms with van der Waals surface area (Å²) in [4.78, 5) is 0.794. The number of nitrogens with zero attached hydrogens (tertiary/aromatic N) is 2. The second kappa shape index (κ2) is 7.88. The van der Waals surface area contributed by atoms with Crippen molar-refractivity contribution < 1.29 is 9.15 Å². The van der Waals surface area contributed by atoms with Crippen molar-refractivity contribution in [1.29, 1.82) is 0 Å². The van der Waals surface area contributed by atoms with Gasteiger partial charge in [0.25, 0.3) is 11.1 Å². The maximum atomic E-state index is 6.45. The number of fused-ring (bicyclic) bond motifs is 1. The summed E-state index contributed by atoms with van der Waals surface area (Å²) < 4.78 is 12.5. The highest BCUT2D eigenvalue weighted by Crippen LogP contribution is 2.41. The van der Waals surface area contributed by atoms with Crippen LogP contribution in [0.4, 0.5) is 0 Å². The van der Waals surface area contributed by atoms with Gasteiger partial charge in [0.1, 0.15) is 10.6 Å². The van der Waals surface area contributed by atoms with Crippen molar-refractivity contribution in [2.75, 3.05) is 12.4 Å². The van der Waals surface area contributed by atoms with Gasteiger partial charge in [-0.3, -0.25) is 0 Å². The first kappa shape index (κ1) is 17.7. The van der Waals surface area contributed by atoms with Crippen LogP contribution in [0.2, 0.25) is 10.0 Å². The first-order chi connectivity index (χ1) is 12.7. The van der Waals surface area contributed by atoms with Gasteiger partial charge in [0, 0.05) is 20.9 Å². The lowest BCUT2D eigenvalue weighted by molar-refractivity contribution is 0.343. The number of rotatable bonds is 6. The molecule has 0 radical (unpaired) electrons. The Labute approximate surface area is 168 Å². The fourth-order valence-electron chi connectivity index (χ4n) is 2.36. The fraction of sp³-hybridized carbons (Fsp3) is 0.111. The molecule has 0 saturated carbocycles. The van der Waals surface area contributed by atoms with Crippen LogP contribution in [-0.4, -0.2) is 22.6 Å². The zero-order chi connectivity index (χ0) is 17.9. The highest BCUT2D eigenvalue weighted by atomic mass is 35.5. The van der Waals surface area contributed by atoms with Crippen LogP contribution in [0.15, 0.2) is 58.2 Å². The largest absolute Gasteiger partial charge is 0.493 e. The number of ether oxygens (including phenoxy) is 1. The van der Waals surface area contributed by atoms with Gasteiger partial charge >= 0.3 is 0 Å². The van der Waals surface area contributed by atoms with Gasteiger partial charge in [-0.15, -0.1) is 21.5 Å². The molecular formula is C18H12Cl2N2O2S2. The van der Waals surface area contributed by atoms with E-state index in [1.165, 1.54) is 11.8 Å². The van der Waals surface area contributed by atoms with Crippen LogP contribution in [0, 0.1) is 0 Å². The second-order valence-corrected chi connectivity index (χ2v) is 8.18. The molecular weight excluding hydrogens is 411 g/mol. The first-order valence-corrected chi connectivity index (χ1v) is 10.3. The highest BCUT2D eigenvalue weighted by Gasteiger charge is 2.17. The van der Waals surface area contributed by atoms with E-state index in [9.17, 15) is 0 Å². The predicted octanol–water partition coefficient (Wildman–Crippen LogP) is 6.43. The predicted molar refractivity (Wildman–Crippen MR) is 108 cm³/mol. The molecule has 2 aromatic carbocycles. The van der Waals surface area contributed by atoms with Crippen molar-refractivity contribution >= 4 is 56.4 Å². The number of hydrogen-bond acceptors (Lipinski definition) is 6. The van der Waals surface area contributed by atoms with Crippen LogP contribution < -0.4 is 4.74 Å². The van der Waals surface area contributed by atoms with E-state index < -0.39 is 0 Å². The molecule has 0 amide bonds. The quantitative estimate of drug-likeness (QED) is 0.264. The van der Waals surface area contributed by atoms with Crippen molar-refractivity contribution in [3.8, 4) is 16.5 Å². The highest BCUT2D eigenvalue weighted by molar-refractivity contribution is 7.99. The van der Waals surface area contributed by atoms with Crippen LogP contribution >= 0.6 is 46.3 Å². The van der Waals surface area contributed by atoms with Crippen LogP contribution in [0.1, 0.15) is 0 Å². The summed E-state index contributed by atoms with van der Waals surface area (Å²) in [6.07, 6.45) is 0. The van der Waals surface area contributed by atoms with Gasteiger partial charge in [0.2, 0.25) is 0 Å². The molecule has 0 aliphatic heterocycles. The van der Waals surface area contributed by atoms with Crippen molar-refractivity contribution in [2.24, 2.45) is 0 Å². The monoisotopic (exact) mass is 422 g/mol. The number of thioether (sulfide) groups is 1. The minimum absolute atomic E-state index is 0.439. The number of aromatic nitrogens is 2. The third-order valence-electron chi connectivity index (χ3n) is 3.51. The van der Waals surface area contributed by atoms with Crippen LogP contribution in [-0.2, 0) is 0 Å². The Morgan fingerprint density at radius 3 is 2.81 bits per heavy atom. The SMILES string of the molecule is Clc1cccc(OCCSc2nnc(-c3sc4ccccc4c3Cl)o2)c1. The molecule has 4 rings (SSSR count). The Morgan fingerprint density at radius 2 is 1.96 bits per heavy atom. The molecule has 0 N–H and O–H groups in total. The molecule has 2 aromatic heterocycles. The molecule has 4 nitrogen and oxygen atoms in total. The summed E-state index contributed by atoms with van der Waals surface area (Å²) in [5, 5.41) is 11.0. The molecule has 4 aromatic rings. The average molecular weight is 423 g/mol. The van der Waals surface area contributed by atoms with Crippen molar-refractivity contribution in [1.82, 2.24) is 10.2 Å². The molecule has 26 heavy (non-hydrogen) atoms. The molecule has 2 heterocycles. The normalized spacial score (nSPS) is 11.2. The molecule has 0 aliphatic rings. The van der Waals surface area contributed by atoms with Gasteiger partial charge in [0.15, 0.2) is 0 Å². The summed E-state index contributed by atoms with van der Waals surface area (Å²) in [7, 11) is 0. The Kier molecular flexibility index (Phi) is 5.36. The molecule has 0 spiro atoms. The lowest BCUT2D eigenvalue weighted by Crippen LogP contribution is -1.99. The standard InChI is InChI=1S/C18H12Cl2N2O2S2/c19-11-4-3-5-12(10-11)23-8-9-25-18-22-21-17(24-18)16-15(20)13-6-1-2-7-14(13)26-16/h1-7,10H,8-9H2. The second-order valence-electron chi connectivity index (χ2n) is 5.27. The van der Waals surface area contributed by atoms with Gasteiger partial charge in [-0.2, -0.15) is 0 Å². The summed E-state index contributed by atoms with van der Waals surface area (Å²) in [5.74, 6) is 1.85. The first-order valence-electron chi connectivity index (χ1n) is 7.73. The topological polar surface area (TPSA) is 48.2 Å². The summed E-state index contributed by atoms with van der Waals surface area (Å²) in [6.45, 7) is 0.506. The Hall–Kier alpha value is -1.73. The third kappa shape index (κ3) is 3.83. The van der Waals surface area contributed by atoms with E-state index in [1.54, 1.807) is 17.4 Å². The summed E-state index contributed by atoms with van der Waals surface area (Å²) in [5.41, 5.74) is 0. The van der Waals surface area contributed by atoms with E-state index in [0.29, 0.717) is 33.5 Å². The van der Waals surface area contributed by atoms with E-state index in [1.807, 2.05) is 42.5 Å². The zero-order valence-electron chi connectivity index (χ0n) is 13.3. The molecule has 0 atom stereocenters. The number of hydrogen-bond donors (Lipinski definition) is 0.